The van der Waals surface area contributed by atoms with E-state index in [1.54, 1.807) is 11.3 Å². The van der Waals surface area contributed by atoms with Crippen LogP contribution in [0.3, 0.4) is 0 Å². The lowest BCUT2D eigenvalue weighted by Crippen LogP contribution is -2.26. The molecule has 148 valence electrons. The Bertz CT molecular complexity index is 1100. The highest BCUT2D eigenvalue weighted by Gasteiger charge is 2.28. The molecule has 1 aliphatic rings. The molecule has 5 nitrogen and oxygen atoms in total. The summed E-state index contributed by atoms with van der Waals surface area (Å²) in [4.78, 5) is 30.9. The summed E-state index contributed by atoms with van der Waals surface area (Å²) in [5.74, 6) is -1.10. The third kappa shape index (κ3) is 3.80. The van der Waals surface area contributed by atoms with Crippen molar-refractivity contribution in [3.8, 4) is 0 Å². The molecule has 29 heavy (non-hydrogen) atoms. The molecule has 0 saturated heterocycles. The van der Waals surface area contributed by atoms with E-state index in [0.29, 0.717) is 5.56 Å². The number of para-hydroxylation sites is 1. The molecule has 0 spiro atoms. The second-order valence-electron chi connectivity index (χ2n) is 6.94. The Hall–Kier alpha value is -2.99. The normalized spacial score (nSPS) is 15.7. The van der Waals surface area contributed by atoms with Gasteiger partial charge in [-0.15, -0.1) is 11.3 Å². The van der Waals surface area contributed by atoms with Gasteiger partial charge in [-0.25, -0.2) is 14.6 Å². The molecular weight excluding hydrogens is 386 g/mol. The molecule has 0 saturated carbocycles. The van der Waals surface area contributed by atoms with Crippen molar-refractivity contribution in [3.05, 3.63) is 63.5 Å². The Balaban J connectivity index is 1.86. The number of aromatic nitrogens is 1. The first kappa shape index (κ1) is 19.3. The molecule has 0 bridgehead atoms. The van der Waals surface area contributed by atoms with E-state index in [9.17, 15) is 9.59 Å². The van der Waals surface area contributed by atoms with Crippen LogP contribution in [0.1, 0.15) is 46.3 Å². The van der Waals surface area contributed by atoms with Crippen LogP contribution in [-0.2, 0) is 20.7 Å². The fourth-order valence-corrected chi connectivity index (χ4v) is 4.37. The van der Waals surface area contributed by atoms with E-state index in [1.165, 1.54) is 14.0 Å². The summed E-state index contributed by atoms with van der Waals surface area (Å²) in [5, 5.41) is 2.78. The number of allylic oxidation sites excluding steroid dienone is 1. The monoisotopic (exact) mass is 407 g/mol. The van der Waals surface area contributed by atoms with Crippen LogP contribution in [0.25, 0.3) is 22.6 Å². The first-order valence-corrected chi connectivity index (χ1v) is 10.4. The summed E-state index contributed by atoms with van der Waals surface area (Å²) in [6.45, 7) is 1.52. The van der Waals surface area contributed by atoms with Crippen molar-refractivity contribution in [2.45, 2.75) is 32.3 Å². The molecule has 4 rings (SSSR count). The van der Waals surface area contributed by atoms with Crippen LogP contribution in [0.2, 0.25) is 0 Å². The Morgan fingerprint density at radius 3 is 2.76 bits per heavy atom. The largest absolute Gasteiger partial charge is 0.466 e. The quantitative estimate of drug-likeness (QED) is 0.576. The lowest BCUT2D eigenvalue weighted by Gasteiger charge is -2.23. The zero-order chi connectivity index (χ0) is 20.4. The number of carbonyl (C=O) groups is 2. The Morgan fingerprint density at radius 1 is 1.17 bits per heavy atom. The van der Waals surface area contributed by atoms with Crippen molar-refractivity contribution < 1.29 is 19.1 Å². The second-order valence-corrected chi connectivity index (χ2v) is 7.92. The number of ether oxygens (including phenoxy) is 2. The average Bonchev–Trinajstić information content (AvgIpc) is 3.24. The maximum Gasteiger partial charge on any atom is 0.346 e. The van der Waals surface area contributed by atoms with E-state index >= 15 is 0 Å². The number of nitrogens with zero attached hydrogens (tertiary/aromatic N) is 1. The number of hydrogen-bond donors (Lipinski definition) is 0. The summed E-state index contributed by atoms with van der Waals surface area (Å²) in [5.41, 5.74) is 4.09. The fourth-order valence-electron chi connectivity index (χ4n) is 3.69. The minimum Gasteiger partial charge on any atom is -0.466 e. The lowest BCUT2D eigenvalue weighted by atomic mass is 9.86. The van der Waals surface area contributed by atoms with Gasteiger partial charge in [-0.1, -0.05) is 24.3 Å². The number of thiophene rings is 1. The predicted molar refractivity (Wildman–Crippen MR) is 114 cm³/mol. The van der Waals surface area contributed by atoms with Gasteiger partial charge in [-0.3, -0.25) is 0 Å². The van der Waals surface area contributed by atoms with E-state index in [-0.39, 0.29) is 0 Å². The van der Waals surface area contributed by atoms with Gasteiger partial charge in [0.15, 0.2) is 6.10 Å². The second kappa shape index (κ2) is 8.17. The first-order valence-electron chi connectivity index (χ1n) is 9.53. The van der Waals surface area contributed by atoms with Crippen LogP contribution in [0.4, 0.5) is 0 Å². The van der Waals surface area contributed by atoms with Gasteiger partial charge in [0, 0.05) is 10.3 Å². The SMILES string of the molecule is COC(=O)C(C)OC(=O)c1c2c(nc3ccccc13)/C(=C\c1cccs1)CCC2. The zero-order valence-corrected chi connectivity index (χ0v) is 17.1. The molecule has 1 aliphatic carbocycles. The molecule has 1 aromatic carbocycles. The molecule has 6 heteroatoms. The van der Waals surface area contributed by atoms with Crippen LogP contribution in [0.5, 0.6) is 0 Å². The number of hydrogen-bond acceptors (Lipinski definition) is 6. The number of rotatable bonds is 4. The average molecular weight is 407 g/mol. The van der Waals surface area contributed by atoms with Crippen molar-refractivity contribution in [2.24, 2.45) is 0 Å². The fraction of sp³-hybridized carbons (Fsp3) is 0.261. The standard InChI is InChI=1S/C23H21NO4S/c1-14(22(25)27-2)28-23(26)20-17-9-3-4-11-19(17)24-21-15(7-5-10-18(20)21)13-16-8-6-12-29-16/h3-4,6,8-9,11-14H,5,7,10H2,1-2H3/b15-13-. The summed E-state index contributed by atoms with van der Waals surface area (Å²) in [6.07, 6.45) is 3.75. The van der Waals surface area contributed by atoms with Gasteiger partial charge in [0.2, 0.25) is 0 Å². The topological polar surface area (TPSA) is 65.5 Å². The predicted octanol–water partition coefficient (Wildman–Crippen LogP) is 4.89. The van der Waals surface area contributed by atoms with Gasteiger partial charge in [0.25, 0.3) is 0 Å². The summed E-state index contributed by atoms with van der Waals surface area (Å²) in [7, 11) is 1.28. The van der Waals surface area contributed by atoms with Gasteiger partial charge in [-0.05, 0) is 60.9 Å². The minimum atomic E-state index is -0.972. The van der Waals surface area contributed by atoms with Gasteiger partial charge in [-0.2, -0.15) is 0 Å². The highest BCUT2D eigenvalue weighted by atomic mass is 32.1. The first-order chi connectivity index (χ1) is 14.1. The van der Waals surface area contributed by atoms with E-state index in [2.05, 4.69) is 16.9 Å². The molecule has 2 aromatic heterocycles. The van der Waals surface area contributed by atoms with Gasteiger partial charge in [0.1, 0.15) is 0 Å². The highest BCUT2D eigenvalue weighted by Crippen LogP contribution is 2.37. The Labute approximate surface area is 173 Å². The maximum atomic E-state index is 13.1. The minimum absolute atomic E-state index is 0.498. The molecule has 0 amide bonds. The smallest absolute Gasteiger partial charge is 0.346 e. The van der Waals surface area contributed by atoms with Gasteiger partial charge < -0.3 is 9.47 Å². The van der Waals surface area contributed by atoms with E-state index in [0.717, 1.165) is 51.9 Å². The number of esters is 2. The summed E-state index contributed by atoms with van der Waals surface area (Å²) < 4.78 is 10.1. The number of pyridine rings is 1. The van der Waals surface area contributed by atoms with Crippen molar-refractivity contribution >= 4 is 45.8 Å². The van der Waals surface area contributed by atoms with Crippen LogP contribution in [0, 0.1) is 0 Å². The number of methoxy groups -OCH3 is 1. The van der Waals surface area contributed by atoms with Gasteiger partial charge >= 0.3 is 11.9 Å². The number of benzene rings is 1. The third-order valence-electron chi connectivity index (χ3n) is 5.05. The number of carbonyl (C=O) groups excluding carboxylic acids is 2. The summed E-state index contributed by atoms with van der Waals surface area (Å²) >= 11 is 1.67. The third-order valence-corrected chi connectivity index (χ3v) is 5.87. The van der Waals surface area contributed by atoms with E-state index in [4.69, 9.17) is 9.72 Å². The maximum absolute atomic E-state index is 13.1. The van der Waals surface area contributed by atoms with Crippen LogP contribution >= 0.6 is 11.3 Å². The molecule has 0 N–H and O–H groups in total. The molecule has 0 fully saturated rings. The number of fused-ring (bicyclic) bond motifs is 2. The van der Waals surface area contributed by atoms with Crippen molar-refractivity contribution in [3.63, 3.8) is 0 Å². The molecule has 1 atom stereocenters. The van der Waals surface area contributed by atoms with Gasteiger partial charge in [0.05, 0.1) is 23.9 Å². The van der Waals surface area contributed by atoms with E-state index in [1.807, 2.05) is 35.7 Å². The molecule has 3 aromatic rings. The van der Waals surface area contributed by atoms with Crippen LogP contribution in [0.15, 0.2) is 41.8 Å². The molecular formula is C23H21NO4S. The van der Waals surface area contributed by atoms with Crippen molar-refractivity contribution in [1.82, 2.24) is 4.98 Å². The summed E-state index contributed by atoms with van der Waals surface area (Å²) in [6, 6.07) is 11.6. The Morgan fingerprint density at radius 2 is 2.00 bits per heavy atom. The highest BCUT2D eigenvalue weighted by molar-refractivity contribution is 7.10. The Kier molecular flexibility index (Phi) is 5.45. The van der Waals surface area contributed by atoms with Crippen LogP contribution in [-0.4, -0.2) is 30.1 Å². The van der Waals surface area contributed by atoms with Crippen LogP contribution < -0.4 is 0 Å². The molecule has 1 unspecified atom stereocenters. The van der Waals surface area contributed by atoms with Crippen molar-refractivity contribution in [1.29, 1.82) is 0 Å². The molecule has 0 radical (unpaired) electrons. The van der Waals surface area contributed by atoms with E-state index < -0.39 is 18.0 Å². The van der Waals surface area contributed by atoms with Crippen molar-refractivity contribution in [2.75, 3.05) is 7.11 Å². The molecule has 2 heterocycles. The molecule has 0 aliphatic heterocycles. The zero-order valence-electron chi connectivity index (χ0n) is 16.3. The lowest BCUT2D eigenvalue weighted by molar-refractivity contribution is -0.149.